The zero-order valence-corrected chi connectivity index (χ0v) is 26.9. The average molecular weight is 670 g/mol. The highest BCUT2D eigenvalue weighted by Crippen LogP contribution is 2.33. The number of aromatic nitrogens is 1. The molecule has 0 radical (unpaired) electrons. The van der Waals surface area contributed by atoms with Gasteiger partial charge in [-0.3, -0.25) is 9.59 Å². The van der Waals surface area contributed by atoms with Crippen molar-refractivity contribution in [1.29, 1.82) is 0 Å². The highest BCUT2D eigenvalue weighted by molar-refractivity contribution is 5.94. The van der Waals surface area contributed by atoms with Gasteiger partial charge in [-0.15, -0.1) is 0 Å². The number of aliphatic carboxylic acids is 1. The fraction of sp³-hybridized carbons (Fsp3) is 0.294. The third kappa shape index (κ3) is 10.8. The van der Waals surface area contributed by atoms with Crippen LogP contribution >= 0.6 is 0 Å². The van der Waals surface area contributed by atoms with Gasteiger partial charge in [-0.25, -0.2) is 9.78 Å². The number of carbonyl (C=O) groups excluding carboxylic acids is 2. The molecule has 2 amide bonds. The average Bonchev–Trinajstić information content (AvgIpc) is 3.03. The molecule has 4 aromatic rings. The van der Waals surface area contributed by atoms with E-state index in [0.717, 1.165) is 22.0 Å². The van der Waals surface area contributed by atoms with Crippen molar-refractivity contribution in [1.82, 2.24) is 10.3 Å². The maximum absolute atomic E-state index is 13.7. The van der Waals surface area contributed by atoms with Crippen molar-refractivity contribution < 1.29 is 42.1 Å². The molecule has 0 saturated heterocycles. The van der Waals surface area contributed by atoms with Gasteiger partial charge in [0.2, 0.25) is 11.8 Å². The number of hydrogen-bond donors (Lipinski definition) is 5. The molecule has 11 nitrogen and oxygen atoms in total. The molecule has 14 heteroatoms. The van der Waals surface area contributed by atoms with E-state index in [0.29, 0.717) is 41.6 Å². The highest BCUT2D eigenvalue weighted by atomic mass is 19.4. The summed E-state index contributed by atoms with van der Waals surface area (Å²) in [6, 6.07) is 19.8. The van der Waals surface area contributed by atoms with Crippen LogP contribution in [0.3, 0.4) is 0 Å². The highest BCUT2D eigenvalue weighted by Gasteiger charge is 2.38. The number of anilines is 3. The van der Waals surface area contributed by atoms with Crippen LogP contribution in [0, 0.1) is 0 Å². The fourth-order valence-electron chi connectivity index (χ4n) is 4.38. The van der Waals surface area contributed by atoms with E-state index in [-0.39, 0.29) is 24.5 Å². The number of hydrogen-bond acceptors (Lipinski definition) is 8. The van der Waals surface area contributed by atoms with Gasteiger partial charge in [0.1, 0.15) is 11.9 Å². The SMILES string of the molecule is CCOc1cc(C(Nc2ccc3c(N)nccc3c2)C(=O)NCc2cccc(NC(=O)CC)c2)ccc1OC(C)C.O=C(O)C(F)(F)F. The van der Waals surface area contributed by atoms with Crippen molar-refractivity contribution in [2.45, 2.75) is 59.0 Å². The number of nitrogen functional groups attached to an aromatic ring is 1. The zero-order chi connectivity index (χ0) is 35.4. The smallest absolute Gasteiger partial charge is 0.490 e. The Morgan fingerprint density at radius 2 is 1.69 bits per heavy atom. The molecule has 0 aliphatic carbocycles. The largest absolute Gasteiger partial charge is 0.490 e. The van der Waals surface area contributed by atoms with Crippen LogP contribution in [0.1, 0.15) is 51.3 Å². The summed E-state index contributed by atoms with van der Waals surface area (Å²) in [6.07, 6.45) is -3.07. The summed E-state index contributed by atoms with van der Waals surface area (Å²) in [4.78, 5) is 38.6. The third-order valence-electron chi connectivity index (χ3n) is 6.57. The topological polar surface area (TPSA) is 165 Å². The van der Waals surface area contributed by atoms with Gasteiger partial charge in [-0.1, -0.05) is 25.1 Å². The summed E-state index contributed by atoms with van der Waals surface area (Å²) < 4.78 is 43.5. The van der Waals surface area contributed by atoms with E-state index in [4.69, 9.17) is 25.1 Å². The summed E-state index contributed by atoms with van der Waals surface area (Å²) in [5, 5.41) is 18.2. The van der Waals surface area contributed by atoms with Crippen LogP contribution in [0.15, 0.2) is 72.9 Å². The first-order valence-electron chi connectivity index (χ1n) is 15.0. The molecular weight excluding hydrogens is 631 g/mol. The van der Waals surface area contributed by atoms with Gasteiger partial charge in [0.05, 0.1) is 12.7 Å². The minimum atomic E-state index is -5.08. The van der Waals surface area contributed by atoms with Crippen LogP contribution in [-0.2, 0) is 20.9 Å². The Labute approximate surface area is 275 Å². The first-order chi connectivity index (χ1) is 22.7. The van der Waals surface area contributed by atoms with Crippen molar-refractivity contribution in [3.63, 3.8) is 0 Å². The quantitative estimate of drug-likeness (QED) is 0.114. The summed E-state index contributed by atoms with van der Waals surface area (Å²) in [5.41, 5.74) is 9.03. The molecule has 0 fully saturated rings. The van der Waals surface area contributed by atoms with Crippen LogP contribution in [0.5, 0.6) is 11.5 Å². The Morgan fingerprint density at radius 3 is 2.33 bits per heavy atom. The molecule has 48 heavy (non-hydrogen) atoms. The Morgan fingerprint density at radius 1 is 0.958 bits per heavy atom. The van der Waals surface area contributed by atoms with Crippen LogP contribution in [-0.4, -0.2) is 46.8 Å². The van der Waals surface area contributed by atoms with Crippen LogP contribution in [0.25, 0.3) is 10.8 Å². The summed E-state index contributed by atoms with van der Waals surface area (Å²) in [7, 11) is 0. The minimum absolute atomic E-state index is 0.0327. The number of carboxylic acid groups (broad SMARTS) is 1. The van der Waals surface area contributed by atoms with E-state index in [1.807, 2.05) is 87.5 Å². The number of ether oxygens (including phenoxy) is 2. The maximum Gasteiger partial charge on any atom is 0.490 e. The zero-order valence-electron chi connectivity index (χ0n) is 26.9. The van der Waals surface area contributed by atoms with Gasteiger partial charge in [-0.05, 0) is 85.8 Å². The fourth-order valence-corrected chi connectivity index (χ4v) is 4.38. The Kier molecular flexibility index (Phi) is 13.0. The standard InChI is InChI=1S/C32H37N5O4.C2HF3O2/c1-5-29(38)36-24-9-7-8-21(16-24)19-35-32(39)30(23-10-13-27(41-20(3)4)28(18-23)40-6-2)37-25-11-12-26-22(17-25)14-15-34-31(26)33;3-2(4,5)1(6)7/h7-18,20,30,37H,5-6,19H2,1-4H3,(H2,33,34)(H,35,39)(H,36,38);(H,6,7). The molecule has 0 aliphatic heterocycles. The molecule has 0 bridgehead atoms. The lowest BCUT2D eigenvalue weighted by Crippen LogP contribution is -2.33. The lowest BCUT2D eigenvalue weighted by molar-refractivity contribution is -0.192. The second-order valence-corrected chi connectivity index (χ2v) is 10.6. The number of amides is 2. The van der Waals surface area contributed by atoms with Crippen LogP contribution in [0.2, 0.25) is 0 Å². The molecular formula is C34H38F3N5O6. The first-order valence-corrected chi connectivity index (χ1v) is 15.0. The number of nitrogens with two attached hydrogens (primary N) is 1. The monoisotopic (exact) mass is 669 g/mol. The maximum atomic E-state index is 13.7. The van der Waals surface area contributed by atoms with Crippen molar-refractivity contribution in [3.8, 4) is 11.5 Å². The van der Waals surface area contributed by atoms with Crippen molar-refractivity contribution in [2.75, 3.05) is 23.0 Å². The molecule has 1 heterocycles. The predicted molar refractivity (Wildman–Crippen MR) is 177 cm³/mol. The summed E-state index contributed by atoms with van der Waals surface area (Å²) >= 11 is 0. The van der Waals surface area contributed by atoms with E-state index in [9.17, 15) is 22.8 Å². The molecule has 3 aromatic carbocycles. The predicted octanol–water partition coefficient (Wildman–Crippen LogP) is 6.45. The third-order valence-corrected chi connectivity index (χ3v) is 6.57. The molecule has 1 atom stereocenters. The van der Waals surface area contributed by atoms with Gasteiger partial charge < -0.3 is 36.3 Å². The number of benzene rings is 3. The van der Waals surface area contributed by atoms with Crippen LogP contribution < -0.4 is 31.2 Å². The lowest BCUT2D eigenvalue weighted by atomic mass is 10.0. The van der Waals surface area contributed by atoms with Gasteiger partial charge in [-0.2, -0.15) is 13.2 Å². The van der Waals surface area contributed by atoms with E-state index >= 15 is 0 Å². The number of halogens is 3. The normalized spacial score (nSPS) is 11.6. The number of rotatable bonds is 12. The van der Waals surface area contributed by atoms with Crippen molar-refractivity contribution in [2.24, 2.45) is 0 Å². The molecule has 1 unspecified atom stereocenters. The van der Waals surface area contributed by atoms with Gasteiger partial charge in [0.25, 0.3) is 0 Å². The molecule has 1 aromatic heterocycles. The Balaban J connectivity index is 0.000000804. The summed E-state index contributed by atoms with van der Waals surface area (Å²) in [5.74, 6) is -1.43. The molecule has 0 aliphatic rings. The van der Waals surface area contributed by atoms with E-state index in [1.54, 1.807) is 13.1 Å². The lowest BCUT2D eigenvalue weighted by Gasteiger charge is -2.22. The number of pyridine rings is 1. The van der Waals surface area contributed by atoms with Gasteiger partial charge in [0.15, 0.2) is 11.5 Å². The first kappa shape index (κ1) is 36.9. The molecule has 4 rings (SSSR count). The number of carbonyl (C=O) groups is 3. The Bertz CT molecular complexity index is 1730. The summed E-state index contributed by atoms with van der Waals surface area (Å²) in [6.45, 7) is 8.33. The molecule has 6 N–H and O–H groups in total. The number of carboxylic acids is 1. The number of nitrogens with one attached hydrogen (secondary N) is 3. The molecule has 256 valence electrons. The van der Waals surface area contributed by atoms with Crippen molar-refractivity contribution >= 4 is 45.7 Å². The number of nitrogens with zero attached hydrogens (tertiary/aromatic N) is 1. The van der Waals surface area contributed by atoms with Gasteiger partial charge in [0, 0.05) is 35.9 Å². The molecule has 0 spiro atoms. The van der Waals surface area contributed by atoms with E-state index in [2.05, 4.69) is 20.9 Å². The van der Waals surface area contributed by atoms with E-state index < -0.39 is 18.2 Å². The second kappa shape index (κ2) is 16.9. The molecule has 0 saturated carbocycles. The van der Waals surface area contributed by atoms with E-state index in [1.165, 1.54) is 0 Å². The van der Waals surface area contributed by atoms with Crippen molar-refractivity contribution in [3.05, 3.63) is 84.1 Å². The van der Waals surface area contributed by atoms with Gasteiger partial charge >= 0.3 is 12.1 Å². The minimum Gasteiger partial charge on any atom is -0.490 e. The van der Waals surface area contributed by atoms with Crippen LogP contribution in [0.4, 0.5) is 30.4 Å². The number of alkyl halides is 3. The number of fused-ring (bicyclic) bond motifs is 1. The second-order valence-electron chi connectivity index (χ2n) is 10.6. The Hall–Kier alpha value is -5.53.